The van der Waals surface area contributed by atoms with Crippen molar-refractivity contribution < 1.29 is 14.7 Å². The molecular formula is C17H18N2O3. The number of benzene rings is 2. The van der Waals surface area contributed by atoms with Crippen molar-refractivity contribution in [3.63, 3.8) is 0 Å². The van der Waals surface area contributed by atoms with Gasteiger partial charge in [0.25, 0.3) is 0 Å². The second-order valence-corrected chi connectivity index (χ2v) is 5.00. The summed E-state index contributed by atoms with van der Waals surface area (Å²) < 4.78 is 0. The van der Waals surface area contributed by atoms with Crippen LogP contribution in [-0.4, -0.2) is 23.7 Å². The van der Waals surface area contributed by atoms with Crippen LogP contribution in [0.15, 0.2) is 48.5 Å². The fourth-order valence-electron chi connectivity index (χ4n) is 1.95. The van der Waals surface area contributed by atoms with E-state index in [0.717, 1.165) is 12.0 Å². The second-order valence-electron chi connectivity index (χ2n) is 5.00. The zero-order chi connectivity index (χ0) is 15.9. The van der Waals surface area contributed by atoms with E-state index in [-0.39, 0.29) is 11.6 Å². The zero-order valence-electron chi connectivity index (χ0n) is 12.3. The summed E-state index contributed by atoms with van der Waals surface area (Å²) in [6.45, 7) is 2.56. The van der Waals surface area contributed by atoms with Crippen molar-refractivity contribution in [1.82, 2.24) is 5.32 Å². The minimum atomic E-state index is -0.992. The molecule has 0 unspecified atom stereocenters. The van der Waals surface area contributed by atoms with Gasteiger partial charge in [-0.1, -0.05) is 29.8 Å². The van der Waals surface area contributed by atoms with Crippen LogP contribution in [0.4, 0.5) is 10.5 Å². The Kier molecular flexibility index (Phi) is 5.14. The van der Waals surface area contributed by atoms with Crippen LogP contribution < -0.4 is 10.6 Å². The Bertz CT molecular complexity index is 649. The molecule has 5 nitrogen and oxygen atoms in total. The van der Waals surface area contributed by atoms with Gasteiger partial charge in [0.1, 0.15) is 0 Å². The molecular weight excluding hydrogens is 280 g/mol. The van der Waals surface area contributed by atoms with Crippen LogP contribution in [0, 0.1) is 6.92 Å². The third-order valence-electron chi connectivity index (χ3n) is 3.21. The maximum Gasteiger partial charge on any atom is 0.335 e. The monoisotopic (exact) mass is 298 g/mol. The van der Waals surface area contributed by atoms with Crippen LogP contribution in [0.5, 0.6) is 0 Å². The lowest BCUT2D eigenvalue weighted by molar-refractivity contribution is 0.0697. The molecule has 22 heavy (non-hydrogen) atoms. The molecule has 0 radical (unpaired) electrons. The minimum absolute atomic E-state index is 0.185. The van der Waals surface area contributed by atoms with Gasteiger partial charge in [-0.05, 0) is 43.2 Å². The van der Waals surface area contributed by atoms with Crippen molar-refractivity contribution in [3.8, 4) is 0 Å². The number of carboxylic acids is 1. The van der Waals surface area contributed by atoms with Crippen molar-refractivity contribution >= 4 is 17.7 Å². The average Bonchev–Trinajstić information content (AvgIpc) is 2.50. The summed E-state index contributed by atoms with van der Waals surface area (Å²) in [4.78, 5) is 22.5. The van der Waals surface area contributed by atoms with Crippen molar-refractivity contribution in [2.75, 3.05) is 11.9 Å². The highest BCUT2D eigenvalue weighted by Gasteiger charge is 2.04. The second kappa shape index (κ2) is 7.26. The SMILES string of the molecule is Cc1ccc(CCNC(=O)Nc2ccc(C(=O)O)cc2)cc1. The number of hydrogen-bond donors (Lipinski definition) is 3. The van der Waals surface area contributed by atoms with Crippen molar-refractivity contribution in [1.29, 1.82) is 0 Å². The Morgan fingerprint density at radius 3 is 2.23 bits per heavy atom. The van der Waals surface area contributed by atoms with Gasteiger partial charge in [-0.3, -0.25) is 0 Å². The van der Waals surface area contributed by atoms with Gasteiger partial charge < -0.3 is 15.7 Å². The lowest BCUT2D eigenvalue weighted by atomic mass is 10.1. The van der Waals surface area contributed by atoms with Gasteiger partial charge in [0, 0.05) is 12.2 Å². The number of rotatable bonds is 5. The number of aryl methyl sites for hydroxylation is 1. The Balaban J connectivity index is 1.77. The molecule has 0 spiro atoms. The van der Waals surface area contributed by atoms with Crippen LogP contribution in [0.2, 0.25) is 0 Å². The molecule has 5 heteroatoms. The fraction of sp³-hybridized carbons (Fsp3) is 0.176. The lowest BCUT2D eigenvalue weighted by Crippen LogP contribution is -2.30. The first-order valence-electron chi connectivity index (χ1n) is 6.98. The third kappa shape index (κ3) is 4.63. The van der Waals surface area contributed by atoms with Gasteiger partial charge in [0.2, 0.25) is 0 Å². The molecule has 0 atom stereocenters. The molecule has 114 valence electrons. The summed E-state index contributed by atoms with van der Waals surface area (Å²) in [6, 6.07) is 13.9. The van der Waals surface area contributed by atoms with Gasteiger partial charge >= 0.3 is 12.0 Å². The van der Waals surface area contributed by atoms with Crippen LogP contribution in [0.25, 0.3) is 0 Å². The Morgan fingerprint density at radius 2 is 1.64 bits per heavy atom. The van der Waals surface area contributed by atoms with E-state index >= 15 is 0 Å². The van der Waals surface area contributed by atoms with E-state index in [1.807, 2.05) is 31.2 Å². The smallest absolute Gasteiger partial charge is 0.335 e. The zero-order valence-corrected chi connectivity index (χ0v) is 12.3. The molecule has 0 fully saturated rings. The van der Waals surface area contributed by atoms with E-state index in [9.17, 15) is 9.59 Å². The van der Waals surface area contributed by atoms with E-state index < -0.39 is 5.97 Å². The van der Waals surface area contributed by atoms with Gasteiger partial charge in [0.15, 0.2) is 0 Å². The van der Waals surface area contributed by atoms with Gasteiger partial charge in [-0.15, -0.1) is 0 Å². The standard InChI is InChI=1S/C17H18N2O3/c1-12-2-4-13(5-3-12)10-11-18-17(22)19-15-8-6-14(7-9-15)16(20)21/h2-9H,10-11H2,1H3,(H,20,21)(H2,18,19,22). The summed E-state index contributed by atoms with van der Waals surface area (Å²) in [5, 5.41) is 14.2. The molecule has 3 N–H and O–H groups in total. The van der Waals surface area contributed by atoms with Crippen LogP contribution in [-0.2, 0) is 6.42 Å². The van der Waals surface area contributed by atoms with Crippen LogP contribution in [0.1, 0.15) is 21.5 Å². The fourth-order valence-corrected chi connectivity index (χ4v) is 1.95. The first-order valence-corrected chi connectivity index (χ1v) is 6.98. The molecule has 2 amide bonds. The summed E-state index contributed by atoms with van der Waals surface area (Å²) >= 11 is 0. The predicted molar refractivity (Wildman–Crippen MR) is 85.3 cm³/mol. The lowest BCUT2D eigenvalue weighted by Gasteiger charge is -2.08. The number of amides is 2. The van der Waals surface area contributed by atoms with E-state index in [1.54, 1.807) is 12.1 Å². The molecule has 2 aromatic carbocycles. The maximum absolute atomic E-state index is 11.7. The highest BCUT2D eigenvalue weighted by molar-refractivity contribution is 5.91. The topological polar surface area (TPSA) is 78.4 Å². The number of carbonyl (C=O) groups is 2. The Hall–Kier alpha value is -2.82. The quantitative estimate of drug-likeness (QED) is 0.794. The number of anilines is 1. The number of hydrogen-bond acceptors (Lipinski definition) is 2. The normalized spacial score (nSPS) is 10.0. The Morgan fingerprint density at radius 1 is 1.00 bits per heavy atom. The third-order valence-corrected chi connectivity index (χ3v) is 3.21. The Labute approximate surface area is 129 Å². The molecule has 0 saturated heterocycles. The van der Waals surface area contributed by atoms with Crippen LogP contribution >= 0.6 is 0 Å². The molecule has 2 aromatic rings. The summed E-state index contributed by atoms with van der Waals surface area (Å²) in [7, 11) is 0. The van der Waals surface area contributed by atoms with Gasteiger partial charge in [-0.2, -0.15) is 0 Å². The summed E-state index contributed by atoms with van der Waals surface area (Å²) in [5.74, 6) is -0.992. The molecule has 0 aromatic heterocycles. The van der Waals surface area contributed by atoms with Crippen LogP contribution in [0.3, 0.4) is 0 Å². The number of nitrogens with one attached hydrogen (secondary N) is 2. The van der Waals surface area contributed by atoms with Gasteiger partial charge in [-0.25, -0.2) is 9.59 Å². The van der Waals surface area contributed by atoms with E-state index in [4.69, 9.17) is 5.11 Å². The maximum atomic E-state index is 11.7. The molecule has 0 heterocycles. The minimum Gasteiger partial charge on any atom is -0.478 e. The number of carboxylic acid groups (broad SMARTS) is 1. The molecule has 0 bridgehead atoms. The number of aromatic carboxylic acids is 1. The number of carbonyl (C=O) groups excluding carboxylic acids is 1. The molecule has 0 aliphatic carbocycles. The van der Waals surface area contributed by atoms with E-state index in [0.29, 0.717) is 12.2 Å². The molecule has 2 rings (SSSR count). The average molecular weight is 298 g/mol. The highest BCUT2D eigenvalue weighted by Crippen LogP contribution is 2.09. The van der Waals surface area contributed by atoms with Gasteiger partial charge in [0.05, 0.1) is 5.56 Å². The largest absolute Gasteiger partial charge is 0.478 e. The van der Waals surface area contributed by atoms with Crippen molar-refractivity contribution in [2.24, 2.45) is 0 Å². The predicted octanol–water partition coefficient (Wildman–Crippen LogP) is 3.06. The molecule has 0 aliphatic heterocycles. The summed E-state index contributed by atoms with van der Waals surface area (Å²) in [5.41, 5.74) is 3.11. The van der Waals surface area contributed by atoms with E-state index in [1.165, 1.54) is 17.7 Å². The van der Waals surface area contributed by atoms with Crippen molar-refractivity contribution in [3.05, 3.63) is 65.2 Å². The highest BCUT2D eigenvalue weighted by atomic mass is 16.4. The molecule has 0 saturated carbocycles. The first kappa shape index (κ1) is 15.6. The van der Waals surface area contributed by atoms with E-state index in [2.05, 4.69) is 10.6 Å². The first-order chi connectivity index (χ1) is 10.5. The summed E-state index contributed by atoms with van der Waals surface area (Å²) in [6.07, 6.45) is 0.756. The molecule has 0 aliphatic rings. The van der Waals surface area contributed by atoms with Crippen molar-refractivity contribution in [2.45, 2.75) is 13.3 Å². The number of urea groups is 1.